The predicted molar refractivity (Wildman–Crippen MR) is 66.4 cm³/mol. The third-order valence-electron chi connectivity index (χ3n) is 2.00. The van der Waals surface area contributed by atoms with Crippen molar-refractivity contribution in [3.63, 3.8) is 0 Å². The van der Waals surface area contributed by atoms with Crippen LogP contribution in [-0.2, 0) is 16.0 Å². The molecular weight excluding hydrogens is 289 g/mol. The lowest BCUT2D eigenvalue weighted by Gasteiger charge is -2.09. The summed E-state index contributed by atoms with van der Waals surface area (Å²) in [6.07, 6.45) is 0.181. The summed E-state index contributed by atoms with van der Waals surface area (Å²) in [5.41, 5.74) is 0.578. The van der Waals surface area contributed by atoms with Crippen LogP contribution in [0.3, 0.4) is 0 Å². The molecule has 0 aliphatic rings. The molecule has 0 bridgehead atoms. The molecule has 0 saturated carbocycles. The number of hydrogen-bond donors (Lipinski definition) is 0. The van der Waals surface area contributed by atoms with Crippen molar-refractivity contribution >= 4 is 40.8 Å². The van der Waals surface area contributed by atoms with E-state index in [1.165, 1.54) is 12.1 Å². The highest BCUT2D eigenvalue weighted by Gasteiger charge is 2.18. The number of alkyl halides is 1. The zero-order valence-electron chi connectivity index (χ0n) is 8.97. The highest BCUT2D eigenvalue weighted by atomic mass is 35.5. The van der Waals surface area contributed by atoms with Crippen LogP contribution in [-0.4, -0.2) is 18.0 Å². The lowest BCUT2D eigenvalue weighted by Crippen LogP contribution is -2.20. The summed E-state index contributed by atoms with van der Waals surface area (Å²) in [6.45, 7) is 1.94. The van der Waals surface area contributed by atoms with Crippen molar-refractivity contribution in [2.75, 3.05) is 6.61 Å². The van der Waals surface area contributed by atoms with Crippen LogP contribution in [0.4, 0.5) is 4.39 Å². The van der Waals surface area contributed by atoms with Gasteiger partial charge in [-0.15, -0.1) is 11.6 Å². The van der Waals surface area contributed by atoms with Gasteiger partial charge in [0.05, 0.1) is 16.7 Å². The van der Waals surface area contributed by atoms with Crippen molar-refractivity contribution in [3.8, 4) is 0 Å². The van der Waals surface area contributed by atoms with Gasteiger partial charge in [0, 0.05) is 0 Å². The smallest absolute Gasteiger partial charge is 0.324 e. The number of carbonyl (C=O) groups excluding carboxylic acids is 1. The average molecular weight is 300 g/mol. The van der Waals surface area contributed by atoms with Gasteiger partial charge in [-0.05, 0) is 31.0 Å². The Kier molecular flexibility index (Phi) is 5.50. The van der Waals surface area contributed by atoms with Crippen molar-refractivity contribution in [2.24, 2.45) is 0 Å². The van der Waals surface area contributed by atoms with Gasteiger partial charge < -0.3 is 4.74 Å². The Labute approximate surface area is 114 Å². The Bertz CT molecular complexity index is 400. The molecule has 1 atom stereocenters. The summed E-state index contributed by atoms with van der Waals surface area (Å²) in [5, 5.41) is -1.03. The first-order chi connectivity index (χ1) is 7.95. The third-order valence-corrected chi connectivity index (χ3v) is 2.88. The van der Waals surface area contributed by atoms with Gasteiger partial charge in [0.15, 0.2) is 5.82 Å². The first-order valence-electron chi connectivity index (χ1n) is 4.89. The quantitative estimate of drug-likeness (QED) is 0.479. The molecule has 6 heteroatoms. The molecule has 0 N–H and O–H groups in total. The Hall–Kier alpha value is -0.510. The SMILES string of the molecule is CCOC(=O)C(Cl)Cc1cc(Cl)c(F)c(Cl)c1. The second-order valence-corrected chi connectivity index (χ2v) is 4.64. The number of rotatable bonds is 4. The van der Waals surface area contributed by atoms with Gasteiger partial charge in [-0.2, -0.15) is 0 Å². The van der Waals surface area contributed by atoms with Gasteiger partial charge in [0.2, 0.25) is 0 Å². The topological polar surface area (TPSA) is 26.3 Å². The van der Waals surface area contributed by atoms with Crippen LogP contribution < -0.4 is 0 Å². The van der Waals surface area contributed by atoms with E-state index in [-0.39, 0.29) is 23.1 Å². The first-order valence-corrected chi connectivity index (χ1v) is 6.09. The number of ether oxygens (including phenoxy) is 1. The normalized spacial score (nSPS) is 12.3. The van der Waals surface area contributed by atoms with Crippen LogP contribution in [0, 0.1) is 5.82 Å². The van der Waals surface area contributed by atoms with E-state index in [2.05, 4.69) is 0 Å². The number of benzene rings is 1. The molecule has 0 aliphatic carbocycles. The predicted octanol–water partition coefficient (Wildman–Crippen LogP) is 3.85. The van der Waals surface area contributed by atoms with Crippen molar-refractivity contribution in [3.05, 3.63) is 33.6 Å². The van der Waals surface area contributed by atoms with Crippen LogP contribution in [0.2, 0.25) is 10.0 Å². The van der Waals surface area contributed by atoms with E-state index < -0.39 is 17.2 Å². The van der Waals surface area contributed by atoms with Crippen LogP contribution in [0.5, 0.6) is 0 Å². The zero-order chi connectivity index (χ0) is 13.0. The van der Waals surface area contributed by atoms with E-state index in [4.69, 9.17) is 39.5 Å². The minimum absolute atomic E-state index is 0.0970. The van der Waals surface area contributed by atoms with Crippen molar-refractivity contribution in [2.45, 2.75) is 18.7 Å². The number of hydrogen-bond acceptors (Lipinski definition) is 2. The standard InChI is InChI=1S/C11H10Cl3FO2/c1-2-17-11(16)9(14)5-6-3-7(12)10(15)8(13)4-6/h3-4,9H,2,5H2,1H3. The molecule has 0 aliphatic heterocycles. The Balaban J connectivity index is 2.78. The maximum atomic E-state index is 13.1. The number of esters is 1. The summed E-state index contributed by atoms with van der Waals surface area (Å²) < 4.78 is 17.9. The second-order valence-electron chi connectivity index (χ2n) is 3.30. The molecule has 17 heavy (non-hydrogen) atoms. The van der Waals surface area contributed by atoms with E-state index >= 15 is 0 Å². The molecule has 94 valence electrons. The third kappa shape index (κ3) is 4.02. The van der Waals surface area contributed by atoms with Crippen LogP contribution in [0.15, 0.2) is 12.1 Å². The molecule has 0 saturated heterocycles. The molecule has 0 radical (unpaired) electrons. The molecule has 1 aromatic carbocycles. The summed E-state index contributed by atoms with van der Waals surface area (Å²) >= 11 is 17.1. The molecule has 0 spiro atoms. The van der Waals surface area contributed by atoms with Crippen LogP contribution >= 0.6 is 34.8 Å². The zero-order valence-corrected chi connectivity index (χ0v) is 11.2. The van der Waals surface area contributed by atoms with Gasteiger partial charge in [0.1, 0.15) is 5.38 Å². The Morgan fingerprint density at radius 2 is 1.94 bits per heavy atom. The van der Waals surface area contributed by atoms with Gasteiger partial charge >= 0.3 is 5.97 Å². The van der Waals surface area contributed by atoms with Crippen molar-refractivity contribution in [1.29, 1.82) is 0 Å². The van der Waals surface area contributed by atoms with Gasteiger partial charge in [0.25, 0.3) is 0 Å². The summed E-state index contributed by atoms with van der Waals surface area (Å²) in [7, 11) is 0. The minimum atomic E-state index is -0.840. The fourth-order valence-corrected chi connectivity index (χ4v) is 2.02. The molecular formula is C11H10Cl3FO2. The van der Waals surface area contributed by atoms with Crippen LogP contribution in [0.25, 0.3) is 0 Å². The summed E-state index contributed by atoms with van der Waals surface area (Å²) in [6, 6.07) is 2.77. The first kappa shape index (κ1) is 14.6. The highest BCUT2D eigenvalue weighted by Crippen LogP contribution is 2.26. The van der Waals surface area contributed by atoms with Gasteiger partial charge in [-0.3, -0.25) is 4.79 Å². The molecule has 0 aromatic heterocycles. The molecule has 0 amide bonds. The maximum absolute atomic E-state index is 13.1. The van der Waals surface area contributed by atoms with Gasteiger partial charge in [-0.25, -0.2) is 4.39 Å². The van der Waals surface area contributed by atoms with E-state index in [0.717, 1.165) is 0 Å². The van der Waals surface area contributed by atoms with Crippen molar-refractivity contribution < 1.29 is 13.9 Å². The Morgan fingerprint density at radius 3 is 2.41 bits per heavy atom. The lowest BCUT2D eigenvalue weighted by atomic mass is 10.1. The van der Waals surface area contributed by atoms with E-state index in [1.807, 2.05) is 0 Å². The van der Waals surface area contributed by atoms with E-state index in [0.29, 0.717) is 5.56 Å². The average Bonchev–Trinajstić information content (AvgIpc) is 2.26. The maximum Gasteiger partial charge on any atom is 0.324 e. The number of halogens is 4. The Morgan fingerprint density at radius 1 is 1.41 bits per heavy atom. The minimum Gasteiger partial charge on any atom is -0.465 e. The molecule has 1 rings (SSSR count). The second kappa shape index (κ2) is 6.43. The largest absolute Gasteiger partial charge is 0.465 e. The molecule has 1 aromatic rings. The fourth-order valence-electron chi connectivity index (χ4n) is 1.25. The lowest BCUT2D eigenvalue weighted by molar-refractivity contribution is -0.142. The monoisotopic (exact) mass is 298 g/mol. The highest BCUT2D eigenvalue weighted by molar-refractivity contribution is 6.35. The molecule has 0 heterocycles. The van der Waals surface area contributed by atoms with Gasteiger partial charge in [-0.1, -0.05) is 23.2 Å². The van der Waals surface area contributed by atoms with Crippen molar-refractivity contribution in [1.82, 2.24) is 0 Å². The summed E-state index contributed by atoms with van der Waals surface area (Å²) in [4.78, 5) is 11.3. The number of carbonyl (C=O) groups is 1. The van der Waals surface area contributed by atoms with E-state index in [9.17, 15) is 9.18 Å². The van der Waals surface area contributed by atoms with E-state index in [1.54, 1.807) is 6.92 Å². The molecule has 1 unspecified atom stereocenters. The van der Waals surface area contributed by atoms with Crippen LogP contribution in [0.1, 0.15) is 12.5 Å². The molecule has 0 fully saturated rings. The summed E-state index contributed by atoms with van der Waals surface area (Å²) in [5.74, 6) is -1.20. The molecule has 2 nitrogen and oxygen atoms in total. The fraction of sp³-hybridized carbons (Fsp3) is 0.364.